The lowest BCUT2D eigenvalue weighted by atomic mass is 10.2. The molecule has 5 heteroatoms. The number of rotatable bonds is 2. The minimum absolute atomic E-state index is 0.0960. The molecule has 2 rings (SSSR count). The third-order valence-corrected chi connectivity index (χ3v) is 4.02. The van der Waals surface area contributed by atoms with Crippen molar-refractivity contribution in [3.05, 3.63) is 27.9 Å². The van der Waals surface area contributed by atoms with Crippen LogP contribution in [0.3, 0.4) is 0 Å². The highest BCUT2D eigenvalue weighted by Gasteiger charge is 2.22. The molecule has 1 amide bonds. The Morgan fingerprint density at radius 1 is 1.53 bits per heavy atom. The van der Waals surface area contributed by atoms with E-state index >= 15 is 0 Å². The van der Waals surface area contributed by atoms with E-state index in [-0.39, 0.29) is 5.91 Å². The van der Waals surface area contributed by atoms with Gasteiger partial charge in [-0.15, -0.1) is 0 Å². The van der Waals surface area contributed by atoms with Gasteiger partial charge in [0.25, 0.3) is 5.91 Å². The zero-order valence-corrected chi connectivity index (χ0v) is 11.7. The minimum Gasteiger partial charge on any atom is -0.349 e. The SMILES string of the molecule is CCn1c(C)cc(/C=C2\SC(=S)NC2=O)c1C. The number of thiocarbonyl (C=S) groups is 1. The van der Waals surface area contributed by atoms with Crippen molar-refractivity contribution in [1.29, 1.82) is 0 Å². The summed E-state index contributed by atoms with van der Waals surface area (Å²) in [5, 5.41) is 2.62. The minimum atomic E-state index is -0.0960. The number of carbonyl (C=O) groups excluding carboxylic acids is 1. The van der Waals surface area contributed by atoms with E-state index in [0.29, 0.717) is 9.23 Å². The molecule has 0 unspecified atom stereocenters. The van der Waals surface area contributed by atoms with Crippen molar-refractivity contribution in [3.63, 3.8) is 0 Å². The first-order chi connectivity index (χ1) is 8.02. The monoisotopic (exact) mass is 266 g/mol. The first-order valence-electron chi connectivity index (χ1n) is 5.44. The standard InChI is InChI=1S/C12H14N2OS2/c1-4-14-7(2)5-9(8(14)3)6-10-11(15)13-12(16)17-10/h5-6H,4H2,1-3H3,(H,13,15,16)/b10-6-. The molecular weight excluding hydrogens is 252 g/mol. The summed E-state index contributed by atoms with van der Waals surface area (Å²) in [6.45, 7) is 7.20. The van der Waals surface area contributed by atoms with Crippen molar-refractivity contribution >= 4 is 40.3 Å². The lowest BCUT2D eigenvalue weighted by Crippen LogP contribution is -2.17. The van der Waals surface area contributed by atoms with Crippen LogP contribution in [0.25, 0.3) is 6.08 Å². The lowest BCUT2D eigenvalue weighted by molar-refractivity contribution is -0.115. The molecule has 2 heterocycles. The number of carbonyl (C=O) groups is 1. The molecule has 0 atom stereocenters. The summed E-state index contributed by atoms with van der Waals surface area (Å²) in [4.78, 5) is 12.2. The number of aromatic nitrogens is 1. The van der Waals surface area contributed by atoms with Gasteiger partial charge in [0.1, 0.15) is 4.32 Å². The second-order valence-electron chi connectivity index (χ2n) is 3.92. The Labute approximate surface area is 110 Å². The molecule has 0 aliphatic carbocycles. The molecule has 3 nitrogen and oxygen atoms in total. The fourth-order valence-corrected chi connectivity index (χ4v) is 3.06. The van der Waals surface area contributed by atoms with Gasteiger partial charge in [-0.1, -0.05) is 24.0 Å². The van der Waals surface area contributed by atoms with Gasteiger partial charge in [-0.3, -0.25) is 4.79 Å². The number of hydrogen-bond acceptors (Lipinski definition) is 3. The number of hydrogen-bond donors (Lipinski definition) is 1. The smallest absolute Gasteiger partial charge is 0.263 e. The van der Waals surface area contributed by atoms with Crippen molar-refractivity contribution < 1.29 is 4.79 Å². The van der Waals surface area contributed by atoms with Crippen molar-refractivity contribution in [2.24, 2.45) is 0 Å². The maximum Gasteiger partial charge on any atom is 0.263 e. The summed E-state index contributed by atoms with van der Waals surface area (Å²) in [6, 6.07) is 2.10. The Morgan fingerprint density at radius 3 is 2.71 bits per heavy atom. The number of nitrogens with one attached hydrogen (secondary N) is 1. The topological polar surface area (TPSA) is 34.0 Å². The maximum absolute atomic E-state index is 11.6. The average Bonchev–Trinajstić information content (AvgIpc) is 2.69. The average molecular weight is 266 g/mol. The van der Waals surface area contributed by atoms with E-state index in [1.807, 2.05) is 6.08 Å². The summed E-state index contributed by atoms with van der Waals surface area (Å²) in [6.07, 6.45) is 1.91. The normalized spacial score (nSPS) is 17.9. The van der Waals surface area contributed by atoms with Crippen molar-refractivity contribution in [3.8, 4) is 0 Å². The number of thioether (sulfide) groups is 1. The lowest BCUT2D eigenvalue weighted by Gasteiger charge is -2.04. The summed E-state index contributed by atoms with van der Waals surface area (Å²) in [5.41, 5.74) is 3.48. The highest BCUT2D eigenvalue weighted by atomic mass is 32.2. The summed E-state index contributed by atoms with van der Waals surface area (Å²) >= 11 is 6.28. The van der Waals surface area contributed by atoms with E-state index in [9.17, 15) is 4.79 Å². The molecule has 0 aromatic carbocycles. The Balaban J connectivity index is 2.39. The van der Waals surface area contributed by atoms with Crippen LogP contribution >= 0.6 is 24.0 Å². The second kappa shape index (κ2) is 4.66. The molecule has 0 bridgehead atoms. The van der Waals surface area contributed by atoms with Gasteiger partial charge in [0, 0.05) is 17.9 Å². The predicted octanol–water partition coefficient (Wildman–Crippen LogP) is 2.61. The third kappa shape index (κ3) is 2.30. The highest BCUT2D eigenvalue weighted by molar-refractivity contribution is 8.26. The van der Waals surface area contributed by atoms with Gasteiger partial charge in [-0.05, 0) is 38.5 Å². The molecule has 0 radical (unpaired) electrons. The quantitative estimate of drug-likeness (QED) is 0.660. The van der Waals surface area contributed by atoms with Crippen LogP contribution in [0.1, 0.15) is 23.9 Å². The zero-order chi connectivity index (χ0) is 12.6. The largest absolute Gasteiger partial charge is 0.349 e. The van der Waals surface area contributed by atoms with Crippen LogP contribution in [0.15, 0.2) is 11.0 Å². The predicted molar refractivity (Wildman–Crippen MR) is 75.9 cm³/mol. The van der Waals surface area contributed by atoms with Crippen LogP contribution in [0.4, 0.5) is 0 Å². The molecule has 1 fully saturated rings. The molecule has 0 spiro atoms. The van der Waals surface area contributed by atoms with Gasteiger partial charge in [-0.25, -0.2) is 0 Å². The number of aryl methyl sites for hydroxylation is 1. The fraction of sp³-hybridized carbons (Fsp3) is 0.333. The highest BCUT2D eigenvalue weighted by Crippen LogP contribution is 2.27. The van der Waals surface area contributed by atoms with E-state index in [4.69, 9.17) is 12.2 Å². The van der Waals surface area contributed by atoms with Gasteiger partial charge in [0.05, 0.1) is 4.91 Å². The molecule has 17 heavy (non-hydrogen) atoms. The molecular formula is C12H14N2OS2. The Morgan fingerprint density at radius 2 is 2.24 bits per heavy atom. The molecule has 1 aliphatic rings. The molecule has 1 aliphatic heterocycles. The molecule has 1 aromatic heterocycles. The first kappa shape index (κ1) is 12.4. The van der Waals surface area contributed by atoms with Gasteiger partial charge in [-0.2, -0.15) is 0 Å². The first-order valence-corrected chi connectivity index (χ1v) is 6.67. The Hall–Kier alpha value is -1.07. The van der Waals surface area contributed by atoms with Crippen LogP contribution in [-0.2, 0) is 11.3 Å². The van der Waals surface area contributed by atoms with E-state index in [2.05, 4.69) is 36.7 Å². The maximum atomic E-state index is 11.6. The van der Waals surface area contributed by atoms with Gasteiger partial charge in [0.15, 0.2) is 0 Å². The summed E-state index contributed by atoms with van der Waals surface area (Å²) < 4.78 is 2.76. The fourth-order valence-electron chi connectivity index (χ4n) is 2.02. The number of amides is 1. The Bertz CT molecular complexity index is 529. The molecule has 90 valence electrons. The van der Waals surface area contributed by atoms with Crippen LogP contribution in [0.5, 0.6) is 0 Å². The number of nitrogens with zero attached hydrogens (tertiary/aromatic N) is 1. The molecule has 1 N–H and O–H groups in total. The van der Waals surface area contributed by atoms with Crippen molar-refractivity contribution in [2.75, 3.05) is 0 Å². The van der Waals surface area contributed by atoms with Gasteiger partial charge in [0.2, 0.25) is 0 Å². The van der Waals surface area contributed by atoms with Crippen LogP contribution in [0, 0.1) is 13.8 Å². The molecule has 1 aromatic rings. The van der Waals surface area contributed by atoms with Gasteiger partial charge >= 0.3 is 0 Å². The summed E-state index contributed by atoms with van der Waals surface area (Å²) in [7, 11) is 0. The van der Waals surface area contributed by atoms with Crippen LogP contribution in [0.2, 0.25) is 0 Å². The van der Waals surface area contributed by atoms with Crippen LogP contribution < -0.4 is 5.32 Å². The second-order valence-corrected chi connectivity index (χ2v) is 5.64. The molecule has 1 saturated heterocycles. The van der Waals surface area contributed by atoms with Crippen molar-refractivity contribution in [1.82, 2.24) is 9.88 Å². The Kier molecular flexibility index (Phi) is 3.40. The van der Waals surface area contributed by atoms with E-state index in [1.165, 1.54) is 23.1 Å². The van der Waals surface area contributed by atoms with E-state index in [1.54, 1.807) is 0 Å². The third-order valence-electron chi connectivity index (χ3n) is 2.86. The van der Waals surface area contributed by atoms with Gasteiger partial charge < -0.3 is 9.88 Å². The van der Waals surface area contributed by atoms with E-state index in [0.717, 1.165) is 12.1 Å². The summed E-state index contributed by atoms with van der Waals surface area (Å²) in [5.74, 6) is -0.0960. The van der Waals surface area contributed by atoms with E-state index < -0.39 is 0 Å². The van der Waals surface area contributed by atoms with Crippen LogP contribution in [-0.4, -0.2) is 14.8 Å². The zero-order valence-electron chi connectivity index (χ0n) is 10.0. The molecule has 0 saturated carbocycles. The van der Waals surface area contributed by atoms with Crippen molar-refractivity contribution in [2.45, 2.75) is 27.3 Å².